The van der Waals surface area contributed by atoms with Crippen LogP contribution in [-0.2, 0) is 9.47 Å². The molecule has 2 N–H and O–H groups in total. The van der Waals surface area contributed by atoms with Crippen molar-refractivity contribution in [3.8, 4) is 5.88 Å². The molecule has 1 aliphatic heterocycles. The molecule has 0 saturated carbocycles. The van der Waals surface area contributed by atoms with E-state index in [0.29, 0.717) is 13.2 Å². The smallest absolute Gasteiger partial charge is 0.359 e. The molecule has 2 heterocycles. The Labute approximate surface area is 108 Å². The van der Waals surface area contributed by atoms with Crippen molar-refractivity contribution in [1.82, 2.24) is 9.97 Å². The molecule has 0 radical (unpaired) electrons. The van der Waals surface area contributed by atoms with Gasteiger partial charge < -0.3 is 19.9 Å². The summed E-state index contributed by atoms with van der Waals surface area (Å²) in [6, 6.07) is 0. The van der Waals surface area contributed by atoms with Crippen LogP contribution in [0.5, 0.6) is 5.88 Å². The maximum atomic E-state index is 11.6. The number of aromatic nitrogens is 2. The maximum Gasteiger partial charge on any atom is 0.359 e. The van der Waals surface area contributed by atoms with Gasteiger partial charge in [0.1, 0.15) is 11.8 Å². The molecule has 7 nitrogen and oxygen atoms in total. The van der Waals surface area contributed by atoms with E-state index in [1.165, 1.54) is 0 Å². The van der Waals surface area contributed by atoms with Crippen LogP contribution in [0.2, 0.25) is 5.28 Å². The molecule has 0 aromatic carbocycles. The summed E-state index contributed by atoms with van der Waals surface area (Å²) in [7, 11) is 0. The Hall–Kier alpha value is -1.60. The molecule has 98 valence electrons. The molecule has 2 rings (SSSR count). The van der Waals surface area contributed by atoms with Gasteiger partial charge in [0.05, 0.1) is 19.8 Å². The molecule has 0 bridgehead atoms. The molecule has 0 unspecified atom stereocenters. The van der Waals surface area contributed by atoms with Gasteiger partial charge in [-0.2, -0.15) is 4.98 Å². The van der Waals surface area contributed by atoms with Crippen LogP contribution < -0.4 is 10.5 Å². The molecule has 0 spiro atoms. The minimum Gasteiger partial charge on any atom is -0.468 e. The number of hydrogen-bond acceptors (Lipinski definition) is 7. The number of anilines is 1. The lowest BCUT2D eigenvalue weighted by molar-refractivity contribution is -0.0810. The average Bonchev–Trinajstić information content (AvgIpc) is 2.27. The third-order valence-corrected chi connectivity index (χ3v) is 2.41. The van der Waals surface area contributed by atoms with Crippen molar-refractivity contribution in [2.75, 3.05) is 25.6 Å². The van der Waals surface area contributed by atoms with Crippen molar-refractivity contribution in [3.05, 3.63) is 11.0 Å². The summed E-state index contributed by atoms with van der Waals surface area (Å²) in [4.78, 5) is 19.2. The van der Waals surface area contributed by atoms with E-state index in [-0.39, 0.29) is 35.3 Å². The van der Waals surface area contributed by atoms with Crippen molar-refractivity contribution in [2.45, 2.75) is 13.0 Å². The van der Waals surface area contributed by atoms with E-state index >= 15 is 0 Å². The summed E-state index contributed by atoms with van der Waals surface area (Å²) in [6.07, 6.45) is -0.131. The molecular weight excluding hydrogens is 262 g/mol. The lowest BCUT2D eigenvalue weighted by Crippen LogP contribution is -2.39. The first-order valence-electron chi connectivity index (χ1n) is 5.36. The van der Waals surface area contributed by atoms with Gasteiger partial charge in [0, 0.05) is 0 Å². The Morgan fingerprint density at radius 2 is 2.28 bits per heavy atom. The Morgan fingerprint density at radius 3 is 2.83 bits per heavy atom. The molecule has 18 heavy (non-hydrogen) atoms. The number of carbonyl (C=O) groups is 1. The standard InChI is InChI=1S/C10H12ClN3O4/c1-2-17-9(15)7-6(12)8(14-10(11)13-7)18-5-3-16-4-5/h5H,2-4,12H2,1H3. The summed E-state index contributed by atoms with van der Waals surface area (Å²) in [5.74, 6) is -0.583. The van der Waals surface area contributed by atoms with Gasteiger partial charge in [-0.25, -0.2) is 9.78 Å². The first kappa shape index (κ1) is 12.8. The highest BCUT2D eigenvalue weighted by atomic mass is 35.5. The lowest BCUT2D eigenvalue weighted by atomic mass is 10.3. The number of ether oxygens (including phenoxy) is 3. The summed E-state index contributed by atoms with van der Waals surface area (Å²) < 4.78 is 15.2. The van der Waals surface area contributed by atoms with Crippen molar-refractivity contribution in [1.29, 1.82) is 0 Å². The van der Waals surface area contributed by atoms with Crippen LogP contribution in [0, 0.1) is 0 Å². The molecule has 1 aromatic heterocycles. The van der Waals surface area contributed by atoms with Gasteiger partial charge in [-0.1, -0.05) is 0 Å². The van der Waals surface area contributed by atoms with Gasteiger partial charge in [-0.3, -0.25) is 0 Å². The summed E-state index contributed by atoms with van der Waals surface area (Å²) in [5, 5.41) is -0.123. The minimum absolute atomic E-state index is 0.0183. The second-order valence-corrected chi connectivity index (χ2v) is 3.90. The van der Waals surface area contributed by atoms with Crippen LogP contribution in [0.1, 0.15) is 17.4 Å². The number of rotatable bonds is 4. The fourth-order valence-electron chi connectivity index (χ4n) is 1.31. The number of esters is 1. The van der Waals surface area contributed by atoms with Crippen molar-refractivity contribution < 1.29 is 19.0 Å². The average molecular weight is 274 g/mol. The summed E-state index contributed by atoms with van der Waals surface area (Å²) in [5.41, 5.74) is 5.69. The van der Waals surface area contributed by atoms with E-state index in [0.717, 1.165) is 0 Å². The van der Waals surface area contributed by atoms with Crippen LogP contribution in [0.4, 0.5) is 5.69 Å². The minimum atomic E-state index is -0.658. The predicted molar refractivity (Wildman–Crippen MR) is 62.6 cm³/mol. The number of hydrogen-bond donors (Lipinski definition) is 1. The monoisotopic (exact) mass is 273 g/mol. The highest BCUT2D eigenvalue weighted by Gasteiger charge is 2.25. The number of nitrogens with two attached hydrogens (primary N) is 1. The number of nitrogen functional groups attached to an aromatic ring is 1. The zero-order chi connectivity index (χ0) is 13.1. The number of halogens is 1. The first-order valence-corrected chi connectivity index (χ1v) is 5.74. The number of nitrogens with zero attached hydrogens (tertiary/aromatic N) is 2. The highest BCUT2D eigenvalue weighted by molar-refractivity contribution is 6.28. The predicted octanol–water partition coefficient (Wildman–Crippen LogP) is 0.667. The fourth-order valence-corrected chi connectivity index (χ4v) is 1.47. The van der Waals surface area contributed by atoms with Gasteiger partial charge in [0.2, 0.25) is 11.2 Å². The highest BCUT2D eigenvalue weighted by Crippen LogP contribution is 2.26. The van der Waals surface area contributed by atoms with E-state index in [1.807, 2.05) is 0 Å². The van der Waals surface area contributed by atoms with Gasteiger partial charge in [0.15, 0.2) is 5.69 Å². The van der Waals surface area contributed by atoms with Gasteiger partial charge in [-0.05, 0) is 18.5 Å². The van der Waals surface area contributed by atoms with Crippen LogP contribution in [0.15, 0.2) is 0 Å². The SMILES string of the molecule is CCOC(=O)c1nc(Cl)nc(OC2COC2)c1N. The van der Waals surface area contributed by atoms with E-state index in [2.05, 4.69) is 9.97 Å². The first-order chi connectivity index (χ1) is 8.61. The Balaban J connectivity index is 2.26. The maximum absolute atomic E-state index is 11.6. The van der Waals surface area contributed by atoms with Crippen LogP contribution in [0.3, 0.4) is 0 Å². The quantitative estimate of drug-likeness (QED) is 0.636. The van der Waals surface area contributed by atoms with Gasteiger partial charge >= 0.3 is 5.97 Å². The van der Waals surface area contributed by atoms with Crippen molar-refractivity contribution in [2.24, 2.45) is 0 Å². The van der Waals surface area contributed by atoms with Gasteiger partial charge in [0.25, 0.3) is 0 Å². The second kappa shape index (κ2) is 5.36. The molecule has 1 aliphatic rings. The van der Waals surface area contributed by atoms with Crippen LogP contribution >= 0.6 is 11.6 Å². The molecule has 1 fully saturated rings. The van der Waals surface area contributed by atoms with Crippen molar-refractivity contribution in [3.63, 3.8) is 0 Å². The second-order valence-electron chi connectivity index (χ2n) is 3.56. The number of carbonyl (C=O) groups excluding carboxylic acids is 1. The molecule has 0 atom stereocenters. The molecule has 1 aromatic rings. The Kier molecular flexibility index (Phi) is 3.83. The molecule has 8 heteroatoms. The van der Waals surface area contributed by atoms with Crippen LogP contribution in [-0.4, -0.2) is 41.9 Å². The lowest BCUT2D eigenvalue weighted by Gasteiger charge is -2.26. The third kappa shape index (κ3) is 2.62. The zero-order valence-corrected chi connectivity index (χ0v) is 10.4. The van der Waals surface area contributed by atoms with E-state index < -0.39 is 5.97 Å². The van der Waals surface area contributed by atoms with E-state index in [9.17, 15) is 4.79 Å². The zero-order valence-electron chi connectivity index (χ0n) is 9.68. The van der Waals surface area contributed by atoms with Crippen LogP contribution in [0.25, 0.3) is 0 Å². The largest absolute Gasteiger partial charge is 0.468 e. The third-order valence-electron chi connectivity index (χ3n) is 2.24. The normalized spacial score (nSPS) is 15.0. The topological polar surface area (TPSA) is 96.6 Å². The fraction of sp³-hybridized carbons (Fsp3) is 0.500. The summed E-state index contributed by atoms with van der Waals surface area (Å²) in [6.45, 7) is 2.80. The summed E-state index contributed by atoms with van der Waals surface area (Å²) >= 11 is 5.71. The van der Waals surface area contributed by atoms with Crippen molar-refractivity contribution >= 4 is 23.3 Å². The Morgan fingerprint density at radius 1 is 1.56 bits per heavy atom. The Bertz CT molecular complexity index is 465. The van der Waals surface area contributed by atoms with Gasteiger partial charge in [-0.15, -0.1) is 0 Å². The van der Waals surface area contributed by atoms with E-state index in [4.69, 9.17) is 31.5 Å². The molecule has 0 amide bonds. The molecule has 1 saturated heterocycles. The molecular formula is C10H12ClN3O4. The molecule has 0 aliphatic carbocycles. The van der Waals surface area contributed by atoms with E-state index in [1.54, 1.807) is 6.92 Å².